The van der Waals surface area contributed by atoms with Gasteiger partial charge in [0.25, 0.3) is 5.91 Å². The Labute approximate surface area is 166 Å². The third kappa shape index (κ3) is 3.66. The molecule has 0 radical (unpaired) electrons. The van der Waals surface area contributed by atoms with Crippen LogP contribution in [0.5, 0.6) is 11.5 Å². The second-order valence-corrected chi connectivity index (χ2v) is 8.08. The summed E-state index contributed by atoms with van der Waals surface area (Å²) in [6.07, 6.45) is 3.75. The van der Waals surface area contributed by atoms with Crippen LogP contribution >= 0.6 is 0 Å². The van der Waals surface area contributed by atoms with Crippen molar-refractivity contribution in [2.24, 2.45) is 0 Å². The van der Waals surface area contributed by atoms with Crippen LogP contribution < -0.4 is 20.4 Å². The van der Waals surface area contributed by atoms with E-state index >= 15 is 0 Å². The highest BCUT2D eigenvalue weighted by Crippen LogP contribution is 2.44. The number of carbonyl (C=O) groups excluding carboxylic acids is 1. The molecule has 8 nitrogen and oxygen atoms in total. The molecule has 0 atom stereocenters. The number of aryl methyl sites for hydroxylation is 2. The first kappa shape index (κ1) is 19.3. The predicted molar refractivity (Wildman–Crippen MR) is 104 cm³/mol. The van der Waals surface area contributed by atoms with Gasteiger partial charge < -0.3 is 24.3 Å². The van der Waals surface area contributed by atoms with E-state index < -0.39 is 18.4 Å². The van der Waals surface area contributed by atoms with Crippen LogP contribution in [-0.2, 0) is 28.9 Å². The van der Waals surface area contributed by atoms with Crippen molar-refractivity contribution in [1.29, 1.82) is 0 Å². The molecule has 154 valence electrons. The molecule has 0 fully saturated rings. The van der Waals surface area contributed by atoms with Crippen molar-refractivity contribution in [1.82, 2.24) is 5.32 Å². The second-order valence-electron chi connectivity index (χ2n) is 8.08. The van der Waals surface area contributed by atoms with Gasteiger partial charge >= 0.3 is 11.6 Å². The zero-order chi connectivity index (χ0) is 20.8. The Morgan fingerprint density at radius 3 is 2.72 bits per heavy atom. The number of aliphatic carboxylic acids is 1. The minimum Gasteiger partial charge on any atom is -0.487 e. The molecule has 0 saturated carbocycles. The van der Waals surface area contributed by atoms with Crippen molar-refractivity contribution in [3.8, 4) is 11.5 Å². The maximum atomic E-state index is 12.5. The summed E-state index contributed by atoms with van der Waals surface area (Å²) in [7, 11) is 0. The summed E-state index contributed by atoms with van der Waals surface area (Å²) in [6.45, 7) is 3.14. The van der Waals surface area contributed by atoms with Gasteiger partial charge in [0.1, 0.15) is 29.2 Å². The number of fused-ring (bicyclic) bond motifs is 5. The number of ether oxygens (including phenoxy) is 2. The Morgan fingerprint density at radius 1 is 1.21 bits per heavy atom. The molecule has 0 bridgehead atoms. The lowest BCUT2D eigenvalue weighted by Gasteiger charge is -2.33. The fourth-order valence-electron chi connectivity index (χ4n) is 4.04. The van der Waals surface area contributed by atoms with Gasteiger partial charge in [-0.2, -0.15) is 0 Å². The largest absolute Gasteiger partial charge is 0.487 e. The van der Waals surface area contributed by atoms with E-state index in [-0.39, 0.29) is 17.8 Å². The maximum absolute atomic E-state index is 12.5. The first-order valence-corrected chi connectivity index (χ1v) is 9.70. The highest BCUT2D eigenvalue weighted by molar-refractivity contribution is 5.93. The maximum Gasteiger partial charge on any atom is 0.339 e. The molecule has 1 aliphatic heterocycles. The van der Waals surface area contributed by atoms with Gasteiger partial charge in [-0.15, -0.1) is 0 Å². The van der Waals surface area contributed by atoms with Gasteiger partial charge in [-0.3, -0.25) is 9.59 Å². The van der Waals surface area contributed by atoms with E-state index in [0.29, 0.717) is 40.9 Å². The number of carboxylic acid groups (broad SMARTS) is 1. The predicted octanol–water partition coefficient (Wildman–Crippen LogP) is 1.96. The molecule has 1 aromatic carbocycles. The summed E-state index contributed by atoms with van der Waals surface area (Å²) < 4.78 is 17.6. The number of nitrogens with one attached hydrogen (secondary N) is 1. The van der Waals surface area contributed by atoms with E-state index in [1.807, 2.05) is 13.8 Å². The van der Waals surface area contributed by atoms with E-state index in [0.717, 1.165) is 30.4 Å². The number of hydrogen-bond acceptors (Lipinski definition) is 6. The first-order valence-electron chi connectivity index (χ1n) is 9.70. The van der Waals surface area contributed by atoms with Gasteiger partial charge in [0.05, 0.1) is 5.39 Å². The number of hydrogen-bond donors (Lipinski definition) is 2. The molecule has 2 heterocycles. The Morgan fingerprint density at radius 2 is 1.97 bits per heavy atom. The minimum absolute atomic E-state index is 0.326. The van der Waals surface area contributed by atoms with Gasteiger partial charge in [0.2, 0.25) is 0 Å². The van der Waals surface area contributed by atoms with Crippen molar-refractivity contribution in [3.63, 3.8) is 0 Å². The third-order valence-electron chi connectivity index (χ3n) is 5.43. The van der Waals surface area contributed by atoms with Crippen LogP contribution in [0.4, 0.5) is 0 Å². The van der Waals surface area contributed by atoms with Gasteiger partial charge in [0.15, 0.2) is 6.61 Å². The molecule has 0 unspecified atom stereocenters. The SMILES string of the molecule is CC1(C)CCc2c(cc(OCC(=O)NCC(=O)O)c3c4c(c(=O)oc23)CCC4)O1. The summed E-state index contributed by atoms with van der Waals surface area (Å²) >= 11 is 0. The molecule has 2 aromatic rings. The summed E-state index contributed by atoms with van der Waals surface area (Å²) in [5, 5.41) is 11.7. The molecule has 2 N–H and O–H groups in total. The van der Waals surface area contributed by atoms with Gasteiger partial charge in [-0.1, -0.05) is 0 Å². The van der Waals surface area contributed by atoms with E-state index in [2.05, 4.69) is 5.32 Å². The number of amides is 1. The quantitative estimate of drug-likeness (QED) is 0.736. The molecule has 1 amide bonds. The van der Waals surface area contributed by atoms with E-state index in [1.165, 1.54) is 0 Å². The van der Waals surface area contributed by atoms with E-state index in [4.69, 9.17) is 19.0 Å². The van der Waals surface area contributed by atoms with Crippen molar-refractivity contribution in [2.75, 3.05) is 13.2 Å². The summed E-state index contributed by atoms with van der Waals surface area (Å²) in [5.74, 6) is -0.694. The molecular weight excluding hydrogens is 378 g/mol. The monoisotopic (exact) mass is 401 g/mol. The van der Waals surface area contributed by atoms with Crippen molar-refractivity contribution < 1.29 is 28.6 Å². The van der Waals surface area contributed by atoms with Crippen LogP contribution in [0.2, 0.25) is 0 Å². The molecule has 0 spiro atoms. The number of rotatable bonds is 5. The second kappa shape index (κ2) is 7.09. The lowest BCUT2D eigenvalue weighted by Crippen LogP contribution is -2.33. The topological polar surface area (TPSA) is 115 Å². The average Bonchev–Trinajstić information content (AvgIpc) is 3.13. The molecule has 1 aliphatic carbocycles. The van der Waals surface area contributed by atoms with Crippen LogP contribution in [0.25, 0.3) is 11.0 Å². The van der Waals surface area contributed by atoms with Crippen LogP contribution in [0.15, 0.2) is 15.3 Å². The first-order chi connectivity index (χ1) is 13.7. The number of carbonyl (C=O) groups is 2. The van der Waals surface area contributed by atoms with Crippen LogP contribution in [0.3, 0.4) is 0 Å². The highest BCUT2D eigenvalue weighted by Gasteiger charge is 2.32. The molecule has 1 aromatic heterocycles. The molecule has 0 saturated heterocycles. The number of carboxylic acids is 1. The lowest BCUT2D eigenvalue weighted by atomic mass is 9.91. The highest BCUT2D eigenvalue weighted by atomic mass is 16.5. The minimum atomic E-state index is -1.13. The molecule has 2 aliphatic rings. The smallest absolute Gasteiger partial charge is 0.339 e. The van der Waals surface area contributed by atoms with Gasteiger partial charge in [-0.05, 0) is 51.5 Å². The third-order valence-corrected chi connectivity index (χ3v) is 5.43. The Hall–Kier alpha value is -3.03. The summed E-state index contributed by atoms with van der Waals surface area (Å²) in [4.78, 5) is 35.0. The van der Waals surface area contributed by atoms with Crippen LogP contribution in [-0.4, -0.2) is 35.7 Å². The van der Waals surface area contributed by atoms with Crippen molar-refractivity contribution in [3.05, 3.63) is 33.2 Å². The van der Waals surface area contributed by atoms with E-state index in [1.54, 1.807) is 6.07 Å². The van der Waals surface area contributed by atoms with Crippen LogP contribution in [0, 0.1) is 0 Å². The zero-order valence-corrected chi connectivity index (χ0v) is 16.4. The normalized spacial score (nSPS) is 16.6. The Balaban J connectivity index is 1.78. The average molecular weight is 401 g/mol. The lowest BCUT2D eigenvalue weighted by molar-refractivity contribution is -0.138. The van der Waals surface area contributed by atoms with Gasteiger partial charge in [0, 0.05) is 17.2 Å². The standard InChI is InChI=1S/C21H23NO7/c1-21(2)7-6-13-14(29-21)8-15(27-10-16(23)22-9-17(24)25)18-11-4-3-5-12(11)20(26)28-19(13)18/h8H,3-7,9-10H2,1-2H3,(H,22,23)(H,24,25). The molecule has 29 heavy (non-hydrogen) atoms. The van der Waals surface area contributed by atoms with Gasteiger partial charge in [-0.25, -0.2) is 4.79 Å². The Bertz CT molecular complexity index is 1070. The molecule has 8 heteroatoms. The Kier molecular flexibility index (Phi) is 4.72. The van der Waals surface area contributed by atoms with Crippen LogP contribution in [0.1, 0.15) is 43.4 Å². The fourth-order valence-corrected chi connectivity index (χ4v) is 4.04. The summed E-state index contributed by atoms with van der Waals surface area (Å²) in [5.41, 5.74) is 2.18. The van der Waals surface area contributed by atoms with E-state index in [9.17, 15) is 14.4 Å². The summed E-state index contributed by atoms with van der Waals surface area (Å²) in [6, 6.07) is 1.75. The number of benzene rings is 1. The van der Waals surface area contributed by atoms with Crippen molar-refractivity contribution >= 4 is 22.8 Å². The molecule has 4 rings (SSSR count). The molecular formula is C21H23NO7. The fraction of sp³-hybridized carbons (Fsp3) is 0.476. The zero-order valence-electron chi connectivity index (χ0n) is 16.4. The van der Waals surface area contributed by atoms with Crippen molar-refractivity contribution in [2.45, 2.75) is 51.6 Å².